The van der Waals surface area contributed by atoms with Gasteiger partial charge in [0.25, 0.3) is 0 Å². The van der Waals surface area contributed by atoms with Crippen LogP contribution >= 0.6 is 0 Å². The molecular weight excluding hydrogens is 192 g/mol. The molecule has 90 valence electrons. The predicted molar refractivity (Wildman–Crippen MR) is 61.6 cm³/mol. The summed E-state index contributed by atoms with van der Waals surface area (Å²) in [6.45, 7) is 7.69. The number of rotatable bonds is 8. The molecule has 1 unspecified atom stereocenters. The van der Waals surface area contributed by atoms with Gasteiger partial charge in [0.05, 0.1) is 6.10 Å². The molecule has 0 saturated heterocycles. The zero-order valence-corrected chi connectivity index (χ0v) is 10.0. The minimum Gasteiger partial charge on any atom is -0.392 e. The van der Waals surface area contributed by atoms with E-state index < -0.39 is 0 Å². The van der Waals surface area contributed by atoms with Gasteiger partial charge < -0.3 is 15.7 Å². The summed E-state index contributed by atoms with van der Waals surface area (Å²) in [5.74, 6) is 0.278. The Hall–Kier alpha value is -0.610. The summed E-state index contributed by atoms with van der Waals surface area (Å²) in [6.07, 6.45) is 1.45. The molecule has 0 aromatic heterocycles. The van der Waals surface area contributed by atoms with Crippen molar-refractivity contribution in [1.82, 2.24) is 10.6 Å². The Labute approximate surface area is 92.4 Å². The summed E-state index contributed by atoms with van der Waals surface area (Å²) in [7, 11) is 0. The van der Waals surface area contributed by atoms with Crippen molar-refractivity contribution in [2.75, 3.05) is 19.6 Å². The van der Waals surface area contributed by atoms with Crippen molar-refractivity contribution in [2.45, 2.75) is 39.7 Å². The number of carbonyl (C=O) groups excluding carboxylic acids is 1. The monoisotopic (exact) mass is 216 g/mol. The van der Waals surface area contributed by atoms with Crippen LogP contribution in [0.3, 0.4) is 0 Å². The normalized spacial score (nSPS) is 12.9. The highest BCUT2D eigenvalue weighted by atomic mass is 16.3. The largest absolute Gasteiger partial charge is 0.392 e. The van der Waals surface area contributed by atoms with Crippen LogP contribution in [0.4, 0.5) is 0 Å². The molecule has 0 aliphatic carbocycles. The fourth-order valence-corrected chi connectivity index (χ4v) is 1.39. The summed E-state index contributed by atoms with van der Waals surface area (Å²) in [5, 5.41) is 14.9. The molecule has 1 atom stereocenters. The molecule has 0 rings (SSSR count). The van der Waals surface area contributed by atoms with Gasteiger partial charge in [-0.25, -0.2) is 0 Å². The van der Waals surface area contributed by atoms with Gasteiger partial charge in [0.1, 0.15) is 0 Å². The second kappa shape index (κ2) is 8.68. The molecule has 0 aliphatic rings. The fourth-order valence-electron chi connectivity index (χ4n) is 1.39. The van der Waals surface area contributed by atoms with Crippen LogP contribution < -0.4 is 10.6 Å². The summed E-state index contributed by atoms with van der Waals surface area (Å²) < 4.78 is 0. The highest BCUT2D eigenvalue weighted by molar-refractivity contribution is 5.78. The SMILES string of the molecule is CCC(CC)C(=O)NCCNCC(C)O. The third kappa shape index (κ3) is 7.33. The van der Waals surface area contributed by atoms with Crippen LogP contribution in [-0.2, 0) is 4.79 Å². The van der Waals surface area contributed by atoms with Gasteiger partial charge in [0.2, 0.25) is 5.91 Å². The Morgan fingerprint density at radius 1 is 1.27 bits per heavy atom. The maximum atomic E-state index is 11.5. The van der Waals surface area contributed by atoms with Crippen molar-refractivity contribution in [3.63, 3.8) is 0 Å². The van der Waals surface area contributed by atoms with Crippen LogP contribution in [0.5, 0.6) is 0 Å². The lowest BCUT2D eigenvalue weighted by atomic mass is 10.0. The standard InChI is InChI=1S/C11H24N2O2/c1-4-10(5-2)11(15)13-7-6-12-8-9(3)14/h9-10,12,14H,4-8H2,1-3H3,(H,13,15). The zero-order valence-electron chi connectivity index (χ0n) is 10.0. The third-order valence-electron chi connectivity index (χ3n) is 2.40. The Morgan fingerprint density at radius 3 is 2.33 bits per heavy atom. The van der Waals surface area contributed by atoms with E-state index in [2.05, 4.69) is 10.6 Å². The van der Waals surface area contributed by atoms with E-state index in [4.69, 9.17) is 5.11 Å². The molecule has 0 heterocycles. The molecule has 0 aliphatic heterocycles. The number of hydrogen-bond acceptors (Lipinski definition) is 3. The van der Waals surface area contributed by atoms with Gasteiger partial charge in [-0.05, 0) is 19.8 Å². The minimum absolute atomic E-state index is 0.138. The molecular formula is C11H24N2O2. The smallest absolute Gasteiger partial charge is 0.223 e. The van der Waals surface area contributed by atoms with Crippen molar-refractivity contribution in [1.29, 1.82) is 0 Å². The lowest BCUT2D eigenvalue weighted by Gasteiger charge is -2.13. The molecule has 15 heavy (non-hydrogen) atoms. The fraction of sp³-hybridized carbons (Fsp3) is 0.909. The Balaban J connectivity index is 3.46. The van der Waals surface area contributed by atoms with Gasteiger partial charge in [-0.3, -0.25) is 4.79 Å². The van der Waals surface area contributed by atoms with E-state index in [1.165, 1.54) is 0 Å². The summed E-state index contributed by atoms with van der Waals surface area (Å²) in [6, 6.07) is 0. The molecule has 0 radical (unpaired) electrons. The highest BCUT2D eigenvalue weighted by Gasteiger charge is 2.12. The van der Waals surface area contributed by atoms with Crippen LogP contribution in [0.25, 0.3) is 0 Å². The lowest BCUT2D eigenvalue weighted by molar-refractivity contribution is -0.125. The number of aliphatic hydroxyl groups excluding tert-OH is 1. The van der Waals surface area contributed by atoms with Gasteiger partial charge in [-0.15, -0.1) is 0 Å². The molecule has 0 bridgehead atoms. The van der Waals surface area contributed by atoms with Crippen molar-refractivity contribution in [3.8, 4) is 0 Å². The Kier molecular flexibility index (Phi) is 8.33. The van der Waals surface area contributed by atoms with Gasteiger partial charge >= 0.3 is 0 Å². The van der Waals surface area contributed by atoms with Crippen molar-refractivity contribution in [3.05, 3.63) is 0 Å². The molecule has 0 saturated carbocycles. The van der Waals surface area contributed by atoms with Crippen molar-refractivity contribution in [2.24, 2.45) is 5.92 Å². The summed E-state index contributed by atoms with van der Waals surface area (Å²) in [4.78, 5) is 11.5. The average Bonchev–Trinajstić information content (AvgIpc) is 2.18. The second-order valence-electron chi connectivity index (χ2n) is 3.86. The van der Waals surface area contributed by atoms with Gasteiger partial charge in [-0.1, -0.05) is 13.8 Å². The first-order valence-electron chi connectivity index (χ1n) is 5.78. The number of aliphatic hydroxyl groups is 1. The predicted octanol–water partition coefficient (Wildman–Crippen LogP) is 0.509. The number of carbonyl (C=O) groups is 1. The quantitative estimate of drug-likeness (QED) is 0.518. The number of amides is 1. The maximum Gasteiger partial charge on any atom is 0.223 e. The average molecular weight is 216 g/mol. The zero-order chi connectivity index (χ0) is 11.7. The minimum atomic E-state index is -0.334. The van der Waals surface area contributed by atoms with Gasteiger partial charge in [0.15, 0.2) is 0 Å². The van der Waals surface area contributed by atoms with E-state index in [0.717, 1.165) is 12.8 Å². The van der Waals surface area contributed by atoms with E-state index in [-0.39, 0.29) is 17.9 Å². The first-order valence-corrected chi connectivity index (χ1v) is 5.78. The maximum absolute atomic E-state index is 11.5. The van der Waals surface area contributed by atoms with Crippen LogP contribution in [-0.4, -0.2) is 36.8 Å². The van der Waals surface area contributed by atoms with E-state index in [1.54, 1.807) is 6.92 Å². The Bertz CT molecular complexity index is 168. The number of hydrogen-bond donors (Lipinski definition) is 3. The first kappa shape index (κ1) is 14.4. The second-order valence-corrected chi connectivity index (χ2v) is 3.86. The van der Waals surface area contributed by atoms with E-state index in [0.29, 0.717) is 19.6 Å². The van der Waals surface area contributed by atoms with Crippen molar-refractivity contribution >= 4 is 5.91 Å². The highest BCUT2D eigenvalue weighted by Crippen LogP contribution is 2.06. The number of nitrogens with one attached hydrogen (secondary N) is 2. The van der Waals surface area contributed by atoms with Gasteiger partial charge in [0, 0.05) is 25.6 Å². The van der Waals surface area contributed by atoms with Gasteiger partial charge in [-0.2, -0.15) is 0 Å². The van der Waals surface area contributed by atoms with E-state index >= 15 is 0 Å². The molecule has 1 amide bonds. The molecule has 0 aromatic rings. The lowest BCUT2D eigenvalue weighted by Crippen LogP contribution is -2.37. The van der Waals surface area contributed by atoms with Crippen LogP contribution in [0, 0.1) is 5.92 Å². The topological polar surface area (TPSA) is 61.4 Å². The van der Waals surface area contributed by atoms with Crippen molar-refractivity contribution < 1.29 is 9.90 Å². The van der Waals surface area contributed by atoms with E-state index in [1.807, 2.05) is 13.8 Å². The molecule has 4 heteroatoms. The third-order valence-corrected chi connectivity index (χ3v) is 2.40. The van der Waals surface area contributed by atoms with E-state index in [9.17, 15) is 4.79 Å². The first-order chi connectivity index (χ1) is 7.11. The molecule has 0 aromatic carbocycles. The van der Waals surface area contributed by atoms with Crippen LogP contribution in [0.1, 0.15) is 33.6 Å². The summed E-state index contributed by atoms with van der Waals surface area (Å²) in [5.41, 5.74) is 0. The Morgan fingerprint density at radius 2 is 1.87 bits per heavy atom. The molecule has 3 N–H and O–H groups in total. The van der Waals surface area contributed by atoms with Crippen LogP contribution in [0.2, 0.25) is 0 Å². The molecule has 0 fully saturated rings. The summed E-state index contributed by atoms with van der Waals surface area (Å²) >= 11 is 0. The van der Waals surface area contributed by atoms with Crippen LogP contribution in [0.15, 0.2) is 0 Å². The molecule has 4 nitrogen and oxygen atoms in total. The molecule has 0 spiro atoms.